The van der Waals surface area contributed by atoms with Crippen LogP contribution in [0.1, 0.15) is 31.7 Å². The van der Waals surface area contributed by atoms with Crippen LogP contribution in [0.25, 0.3) is 17.1 Å². The molecule has 0 atom stereocenters. The van der Waals surface area contributed by atoms with Crippen molar-refractivity contribution in [1.29, 1.82) is 0 Å². The van der Waals surface area contributed by atoms with Crippen molar-refractivity contribution in [3.63, 3.8) is 0 Å². The number of hydrogen-bond donors (Lipinski definition) is 0. The van der Waals surface area contributed by atoms with E-state index in [0.717, 1.165) is 18.4 Å². The lowest BCUT2D eigenvalue weighted by molar-refractivity contribution is 0.520. The first-order valence-corrected chi connectivity index (χ1v) is 7.35. The van der Waals surface area contributed by atoms with E-state index in [0.29, 0.717) is 17.6 Å². The molecule has 3 aromatic rings. The van der Waals surface area contributed by atoms with E-state index < -0.39 is 0 Å². The van der Waals surface area contributed by atoms with Gasteiger partial charge in [-0.25, -0.2) is 4.98 Å². The highest BCUT2D eigenvalue weighted by molar-refractivity contribution is 5.73. The second-order valence-electron chi connectivity index (χ2n) is 5.48. The maximum Gasteiger partial charge on any atom is 0.257 e. The van der Waals surface area contributed by atoms with E-state index in [-0.39, 0.29) is 5.56 Å². The molecule has 0 bridgehead atoms. The molecule has 0 unspecified atom stereocenters. The van der Waals surface area contributed by atoms with Gasteiger partial charge < -0.3 is 4.57 Å². The Morgan fingerprint density at radius 3 is 2.76 bits per heavy atom. The molecule has 0 aliphatic heterocycles. The van der Waals surface area contributed by atoms with Crippen LogP contribution in [0.5, 0.6) is 0 Å². The standard InChI is InChI=1S/C16H16N4O/c21-14-9-3-4-11-19(14)16-18-15-13(8-5-10-17-15)20(16)12-6-1-2-7-12/h3-5,8-12H,1-2,6-7H2. The van der Waals surface area contributed by atoms with Crippen LogP contribution in [0.15, 0.2) is 47.5 Å². The molecule has 0 saturated heterocycles. The minimum Gasteiger partial charge on any atom is -0.305 e. The lowest BCUT2D eigenvalue weighted by Crippen LogP contribution is -2.21. The molecule has 0 aromatic carbocycles. The van der Waals surface area contributed by atoms with Gasteiger partial charge in [-0.2, -0.15) is 4.98 Å². The molecular weight excluding hydrogens is 264 g/mol. The zero-order valence-electron chi connectivity index (χ0n) is 11.6. The van der Waals surface area contributed by atoms with E-state index in [9.17, 15) is 4.79 Å². The van der Waals surface area contributed by atoms with Crippen LogP contribution in [0.2, 0.25) is 0 Å². The Morgan fingerprint density at radius 1 is 1.10 bits per heavy atom. The fourth-order valence-corrected chi connectivity index (χ4v) is 3.20. The number of pyridine rings is 2. The third kappa shape index (κ3) is 1.96. The molecule has 1 aliphatic carbocycles. The highest BCUT2D eigenvalue weighted by Gasteiger charge is 2.24. The highest BCUT2D eigenvalue weighted by atomic mass is 16.1. The molecule has 21 heavy (non-hydrogen) atoms. The Morgan fingerprint density at radius 2 is 1.95 bits per heavy atom. The first-order chi connectivity index (χ1) is 10.3. The van der Waals surface area contributed by atoms with Crippen LogP contribution >= 0.6 is 0 Å². The second kappa shape index (κ2) is 4.84. The first-order valence-electron chi connectivity index (χ1n) is 7.35. The minimum absolute atomic E-state index is 0.0629. The van der Waals surface area contributed by atoms with Crippen LogP contribution < -0.4 is 5.56 Å². The van der Waals surface area contributed by atoms with Crippen LogP contribution in [0, 0.1) is 0 Å². The summed E-state index contributed by atoms with van der Waals surface area (Å²) in [5.74, 6) is 0.682. The molecular formula is C16H16N4O. The fraction of sp³-hybridized carbons (Fsp3) is 0.312. The Labute approximate surface area is 121 Å². The molecule has 106 valence electrons. The molecule has 0 spiro atoms. The van der Waals surface area contributed by atoms with Gasteiger partial charge in [0.15, 0.2) is 5.65 Å². The zero-order chi connectivity index (χ0) is 14.2. The van der Waals surface area contributed by atoms with Crippen molar-refractivity contribution < 1.29 is 0 Å². The molecule has 0 amide bonds. The van der Waals surface area contributed by atoms with E-state index >= 15 is 0 Å². The number of fused-ring (bicyclic) bond motifs is 1. The maximum atomic E-state index is 12.2. The van der Waals surface area contributed by atoms with Crippen LogP contribution in [-0.4, -0.2) is 19.1 Å². The maximum absolute atomic E-state index is 12.2. The van der Waals surface area contributed by atoms with Gasteiger partial charge >= 0.3 is 0 Å². The van der Waals surface area contributed by atoms with Crippen molar-refractivity contribution in [3.8, 4) is 5.95 Å². The predicted octanol–water partition coefficient (Wildman–Crippen LogP) is 2.70. The van der Waals surface area contributed by atoms with Gasteiger partial charge in [-0.15, -0.1) is 0 Å². The Hall–Kier alpha value is -2.43. The van der Waals surface area contributed by atoms with Gasteiger partial charge in [-0.1, -0.05) is 18.9 Å². The van der Waals surface area contributed by atoms with Crippen molar-refractivity contribution in [3.05, 3.63) is 53.1 Å². The lowest BCUT2D eigenvalue weighted by atomic mass is 10.2. The Kier molecular flexibility index (Phi) is 2.84. The lowest BCUT2D eigenvalue weighted by Gasteiger charge is -2.16. The number of aromatic nitrogens is 4. The summed E-state index contributed by atoms with van der Waals surface area (Å²) in [7, 11) is 0. The van der Waals surface area contributed by atoms with E-state index in [4.69, 9.17) is 0 Å². The van der Waals surface area contributed by atoms with Crippen molar-refractivity contribution >= 4 is 11.2 Å². The normalized spacial score (nSPS) is 15.8. The minimum atomic E-state index is -0.0629. The van der Waals surface area contributed by atoms with Gasteiger partial charge in [0.2, 0.25) is 5.95 Å². The summed E-state index contributed by atoms with van der Waals surface area (Å²) in [6, 6.07) is 9.53. The van der Waals surface area contributed by atoms with Gasteiger partial charge in [0.25, 0.3) is 5.56 Å². The van der Waals surface area contributed by atoms with Crippen LogP contribution in [0.3, 0.4) is 0 Å². The van der Waals surface area contributed by atoms with E-state index in [1.54, 1.807) is 29.1 Å². The Bertz CT molecular complexity index is 843. The molecule has 4 rings (SSSR count). The summed E-state index contributed by atoms with van der Waals surface area (Å²) in [5, 5.41) is 0. The van der Waals surface area contributed by atoms with Gasteiger partial charge in [0, 0.05) is 24.5 Å². The highest BCUT2D eigenvalue weighted by Crippen LogP contribution is 2.33. The third-order valence-corrected chi connectivity index (χ3v) is 4.17. The number of imidazole rings is 1. The van der Waals surface area contributed by atoms with Crippen molar-refractivity contribution in [2.45, 2.75) is 31.7 Å². The summed E-state index contributed by atoms with van der Waals surface area (Å²) in [6.07, 6.45) is 8.24. The Balaban J connectivity index is 2.02. The van der Waals surface area contributed by atoms with E-state index in [2.05, 4.69) is 14.5 Å². The van der Waals surface area contributed by atoms with Crippen molar-refractivity contribution in [1.82, 2.24) is 19.1 Å². The molecule has 5 nitrogen and oxygen atoms in total. The first kappa shape index (κ1) is 12.3. The summed E-state index contributed by atoms with van der Waals surface area (Å²) < 4.78 is 3.80. The van der Waals surface area contributed by atoms with Crippen LogP contribution in [0.4, 0.5) is 0 Å². The van der Waals surface area contributed by atoms with E-state index in [1.807, 2.05) is 18.2 Å². The molecule has 1 aliphatic rings. The average Bonchev–Trinajstić information content (AvgIpc) is 3.14. The quantitative estimate of drug-likeness (QED) is 0.725. The van der Waals surface area contributed by atoms with Gasteiger partial charge in [-0.3, -0.25) is 9.36 Å². The van der Waals surface area contributed by atoms with Crippen molar-refractivity contribution in [2.75, 3.05) is 0 Å². The monoisotopic (exact) mass is 280 g/mol. The molecule has 0 N–H and O–H groups in total. The zero-order valence-corrected chi connectivity index (χ0v) is 11.6. The number of rotatable bonds is 2. The summed E-state index contributed by atoms with van der Waals surface area (Å²) in [5.41, 5.74) is 1.65. The van der Waals surface area contributed by atoms with Gasteiger partial charge in [-0.05, 0) is 31.0 Å². The molecule has 5 heteroatoms. The third-order valence-electron chi connectivity index (χ3n) is 4.17. The number of hydrogen-bond acceptors (Lipinski definition) is 3. The molecule has 1 saturated carbocycles. The summed E-state index contributed by atoms with van der Waals surface area (Å²) >= 11 is 0. The van der Waals surface area contributed by atoms with Crippen LogP contribution in [-0.2, 0) is 0 Å². The molecule has 0 radical (unpaired) electrons. The molecule has 1 fully saturated rings. The molecule has 3 aromatic heterocycles. The van der Waals surface area contributed by atoms with Gasteiger partial charge in [0.1, 0.15) is 0 Å². The van der Waals surface area contributed by atoms with Crippen molar-refractivity contribution in [2.24, 2.45) is 0 Å². The summed E-state index contributed by atoms with van der Waals surface area (Å²) in [6.45, 7) is 0. The largest absolute Gasteiger partial charge is 0.305 e. The second-order valence-corrected chi connectivity index (χ2v) is 5.48. The van der Waals surface area contributed by atoms with E-state index in [1.165, 1.54) is 12.8 Å². The number of nitrogens with zero attached hydrogens (tertiary/aromatic N) is 4. The summed E-state index contributed by atoms with van der Waals surface area (Å²) in [4.78, 5) is 21.1. The fourth-order valence-electron chi connectivity index (χ4n) is 3.20. The molecule has 3 heterocycles. The van der Waals surface area contributed by atoms with Gasteiger partial charge in [0.05, 0.1) is 5.52 Å². The average molecular weight is 280 g/mol. The SMILES string of the molecule is O=c1ccccn1-c1nc2ncccc2n1C1CCCC1. The predicted molar refractivity (Wildman–Crippen MR) is 80.6 cm³/mol. The topological polar surface area (TPSA) is 52.7 Å². The smallest absolute Gasteiger partial charge is 0.257 e.